The van der Waals surface area contributed by atoms with Crippen LogP contribution in [0.4, 0.5) is 0 Å². The van der Waals surface area contributed by atoms with Crippen molar-refractivity contribution in [2.75, 3.05) is 0 Å². The first kappa shape index (κ1) is 14.9. The van der Waals surface area contributed by atoms with E-state index in [0.29, 0.717) is 0 Å². The van der Waals surface area contributed by atoms with Gasteiger partial charge in [-0.05, 0) is 45.4 Å². The number of nitrogens with zero attached hydrogens (tertiary/aromatic N) is 1. The fourth-order valence-corrected chi connectivity index (χ4v) is 2.58. The number of nitrogens with one attached hydrogen (secondary N) is 1. The van der Waals surface area contributed by atoms with Gasteiger partial charge in [0.15, 0.2) is 0 Å². The highest BCUT2D eigenvalue weighted by molar-refractivity contribution is 6.30. The molecule has 2 rings (SSSR count). The number of halogens is 1. The Bertz CT molecular complexity index is 576. The first-order valence-electron chi connectivity index (χ1n) is 6.87. The van der Waals surface area contributed by atoms with Crippen LogP contribution in [-0.4, -0.2) is 11.8 Å². The summed E-state index contributed by atoms with van der Waals surface area (Å²) in [5, 5.41) is 4.20. The van der Waals surface area contributed by atoms with Gasteiger partial charge in [-0.2, -0.15) is 0 Å². The summed E-state index contributed by atoms with van der Waals surface area (Å²) in [6.07, 6.45) is 0. The van der Waals surface area contributed by atoms with E-state index in [0.717, 1.165) is 16.4 Å². The summed E-state index contributed by atoms with van der Waals surface area (Å²) in [6, 6.07) is 8.30. The Balaban J connectivity index is 2.48. The van der Waals surface area contributed by atoms with Crippen LogP contribution in [0.5, 0.6) is 0 Å². The predicted octanol–water partition coefficient (Wildman–Crippen LogP) is 4.68. The van der Waals surface area contributed by atoms with Crippen LogP contribution < -0.4 is 5.32 Å². The molecular weight excluding hydrogens is 268 g/mol. The Hall–Kier alpha value is -1.54. The van der Waals surface area contributed by atoms with Crippen LogP contribution in [0.25, 0.3) is 0 Å². The molecule has 0 radical (unpaired) electrons. The van der Waals surface area contributed by atoms with Gasteiger partial charge in [0.05, 0.1) is 17.5 Å². The van der Waals surface area contributed by atoms with Gasteiger partial charge in [-0.25, -0.2) is 0 Å². The molecule has 3 heteroatoms. The maximum Gasteiger partial charge on any atom is 0.0858 e. The molecule has 1 N–H and O–H groups in total. The van der Waals surface area contributed by atoms with Crippen molar-refractivity contribution >= 4 is 17.3 Å². The maximum absolute atomic E-state index is 5.97. The lowest BCUT2D eigenvalue weighted by atomic mass is 9.95. The van der Waals surface area contributed by atoms with E-state index < -0.39 is 0 Å². The van der Waals surface area contributed by atoms with E-state index in [1.807, 2.05) is 12.1 Å². The fourth-order valence-electron chi connectivity index (χ4n) is 2.45. The second-order valence-electron chi connectivity index (χ2n) is 5.59. The van der Waals surface area contributed by atoms with E-state index in [4.69, 9.17) is 16.6 Å². The maximum atomic E-state index is 5.97. The number of allylic oxidation sites excluding steroid dienone is 2. The minimum atomic E-state index is 0.113. The van der Waals surface area contributed by atoms with Crippen molar-refractivity contribution in [2.24, 2.45) is 4.99 Å². The van der Waals surface area contributed by atoms with Crippen LogP contribution in [0.1, 0.15) is 39.3 Å². The smallest absolute Gasteiger partial charge is 0.0858 e. The Morgan fingerprint density at radius 3 is 2.35 bits per heavy atom. The van der Waals surface area contributed by atoms with Gasteiger partial charge < -0.3 is 5.32 Å². The molecule has 2 nitrogen and oxygen atoms in total. The molecule has 20 heavy (non-hydrogen) atoms. The summed E-state index contributed by atoms with van der Waals surface area (Å²) >= 11 is 5.97. The molecule has 0 spiro atoms. The molecule has 1 saturated heterocycles. The van der Waals surface area contributed by atoms with Gasteiger partial charge in [0.2, 0.25) is 0 Å². The Morgan fingerprint density at radius 2 is 1.85 bits per heavy atom. The molecule has 1 fully saturated rings. The van der Waals surface area contributed by atoms with Crippen molar-refractivity contribution in [3.05, 3.63) is 58.3 Å². The minimum absolute atomic E-state index is 0.113. The third kappa shape index (κ3) is 2.96. The summed E-state index contributed by atoms with van der Waals surface area (Å²) in [5.74, 6) is 0. The average molecular weight is 289 g/mol. The summed E-state index contributed by atoms with van der Waals surface area (Å²) in [5.41, 5.74) is 5.57. The van der Waals surface area contributed by atoms with E-state index >= 15 is 0 Å². The second-order valence-corrected chi connectivity index (χ2v) is 6.03. The van der Waals surface area contributed by atoms with Gasteiger partial charge in [0, 0.05) is 16.6 Å². The second kappa shape index (κ2) is 5.84. The monoisotopic (exact) mass is 288 g/mol. The number of hydrogen-bond acceptors (Lipinski definition) is 2. The lowest BCUT2D eigenvalue weighted by Crippen LogP contribution is -2.12. The highest BCUT2D eigenvalue weighted by Gasteiger charge is 2.31. The van der Waals surface area contributed by atoms with Crippen LogP contribution in [0, 0.1) is 0 Å². The standard InChI is InChI=1S/C17H21ClN2/c1-10(2)15-16(19-11(3)4)12(5)20-17(15)13-6-8-14(18)9-7-13/h6-9,11,17,20H,5H2,1-4H3. The van der Waals surface area contributed by atoms with Crippen LogP contribution in [0.3, 0.4) is 0 Å². The van der Waals surface area contributed by atoms with Crippen LogP contribution in [0.2, 0.25) is 5.02 Å². The molecule has 1 aliphatic heterocycles. The number of aliphatic imine (C=N–C) groups is 1. The Labute approximate surface area is 126 Å². The predicted molar refractivity (Wildman–Crippen MR) is 87.4 cm³/mol. The molecule has 1 aromatic rings. The lowest BCUT2D eigenvalue weighted by molar-refractivity contribution is 0.751. The topological polar surface area (TPSA) is 24.4 Å². The van der Waals surface area contributed by atoms with Gasteiger partial charge in [-0.3, -0.25) is 4.99 Å². The number of hydrogen-bond donors (Lipinski definition) is 1. The fraction of sp³-hybridized carbons (Fsp3) is 0.353. The van der Waals surface area contributed by atoms with E-state index in [9.17, 15) is 0 Å². The molecule has 1 aliphatic rings. The molecule has 0 bridgehead atoms. The number of benzene rings is 1. The third-order valence-electron chi connectivity index (χ3n) is 3.28. The zero-order valence-electron chi connectivity index (χ0n) is 12.5. The molecule has 0 aliphatic carbocycles. The van der Waals surface area contributed by atoms with Gasteiger partial charge in [0.25, 0.3) is 0 Å². The van der Waals surface area contributed by atoms with Gasteiger partial charge in [0.1, 0.15) is 0 Å². The Morgan fingerprint density at radius 1 is 1.25 bits per heavy atom. The van der Waals surface area contributed by atoms with E-state index in [1.165, 1.54) is 16.7 Å². The molecule has 106 valence electrons. The first-order valence-corrected chi connectivity index (χ1v) is 7.24. The van der Waals surface area contributed by atoms with Crippen molar-refractivity contribution in [1.82, 2.24) is 5.32 Å². The first-order chi connectivity index (χ1) is 9.40. The lowest BCUT2D eigenvalue weighted by Gasteiger charge is -2.15. The van der Waals surface area contributed by atoms with Crippen LogP contribution >= 0.6 is 11.6 Å². The van der Waals surface area contributed by atoms with E-state index in [2.05, 4.69) is 51.7 Å². The quantitative estimate of drug-likeness (QED) is 0.839. The molecule has 1 aromatic carbocycles. The highest BCUT2D eigenvalue weighted by atomic mass is 35.5. The molecule has 1 unspecified atom stereocenters. The normalized spacial score (nSPS) is 20.7. The zero-order valence-corrected chi connectivity index (χ0v) is 13.3. The van der Waals surface area contributed by atoms with Crippen LogP contribution in [-0.2, 0) is 0 Å². The molecule has 0 amide bonds. The minimum Gasteiger partial charge on any atom is -0.373 e. The summed E-state index contributed by atoms with van der Waals surface area (Å²) in [4.78, 5) is 4.72. The van der Waals surface area contributed by atoms with Gasteiger partial charge in [-0.15, -0.1) is 0 Å². The van der Waals surface area contributed by atoms with Crippen molar-refractivity contribution in [3.8, 4) is 0 Å². The van der Waals surface area contributed by atoms with Gasteiger partial charge >= 0.3 is 0 Å². The third-order valence-corrected chi connectivity index (χ3v) is 3.53. The van der Waals surface area contributed by atoms with Crippen molar-refractivity contribution in [2.45, 2.75) is 39.8 Å². The molecule has 0 saturated carbocycles. The number of rotatable bonds is 2. The SMILES string of the molecule is C=C1NC(c2ccc(Cl)cc2)C(=C(C)C)C1=NC(C)C. The molecule has 0 aromatic heterocycles. The summed E-state index contributed by atoms with van der Waals surface area (Å²) in [7, 11) is 0. The average Bonchev–Trinajstić information content (AvgIpc) is 2.67. The van der Waals surface area contributed by atoms with E-state index in [-0.39, 0.29) is 12.1 Å². The van der Waals surface area contributed by atoms with Crippen molar-refractivity contribution in [1.29, 1.82) is 0 Å². The Kier molecular flexibility index (Phi) is 4.34. The van der Waals surface area contributed by atoms with Crippen LogP contribution in [0.15, 0.2) is 52.7 Å². The largest absolute Gasteiger partial charge is 0.373 e. The van der Waals surface area contributed by atoms with Crippen molar-refractivity contribution in [3.63, 3.8) is 0 Å². The van der Waals surface area contributed by atoms with Gasteiger partial charge in [-0.1, -0.05) is 35.9 Å². The molecular formula is C17H21ClN2. The summed E-state index contributed by atoms with van der Waals surface area (Å²) in [6.45, 7) is 12.5. The molecule has 1 atom stereocenters. The summed E-state index contributed by atoms with van der Waals surface area (Å²) < 4.78 is 0. The zero-order chi connectivity index (χ0) is 14.9. The highest BCUT2D eigenvalue weighted by Crippen LogP contribution is 2.34. The van der Waals surface area contributed by atoms with E-state index in [1.54, 1.807) is 0 Å². The molecule has 1 heterocycles. The van der Waals surface area contributed by atoms with Crippen molar-refractivity contribution < 1.29 is 0 Å².